The molecule has 2 nitrogen and oxygen atoms in total. The molecule has 0 fully saturated rings. The van der Waals surface area contributed by atoms with Crippen LogP contribution in [-0.4, -0.2) is 30.5 Å². The standard InChI is InChI=1S/C7F14O2/c8-1(2(9)23-7(20,21)5(15,16)17)22-6(18,19)3(10,11)4(12,13)14. The predicted octanol–water partition coefficient (Wildman–Crippen LogP) is 5.03. The molecule has 0 N–H and O–H groups in total. The maximum absolute atomic E-state index is 12.4. The van der Waals surface area contributed by atoms with Gasteiger partial charge >= 0.3 is 42.5 Å². The first kappa shape index (κ1) is 21.4. The van der Waals surface area contributed by atoms with E-state index in [0.29, 0.717) is 0 Å². The van der Waals surface area contributed by atoms with E-state index < -0.39 is 42.5 Å². The number of hydrogen-bond acceptors (Lipinski definition) is 2. The van der Waals surface area contributed by atoms with Crippen molar-refractivity contribution in [2.45, 2.75) is 30.5 Å². The van der Waals surface area contributed by atoms with Gasteiger partial charge in [0.25, 0.3) is 0 Å². The molecule has 0 aliphatic heterocycles. The van der Waals surface area contributed by atoms with Gasteiger partial charge in [-0.15, -0.1) is 0 Å². The highest BCUT2D eigenvalue weighted by Gasteiger charge is 2.76. The molecule has 0 aliphatic carbocycles. The Hall–Kier alpha value is -1.64. The monoisotopic (exact) mass is 382 g/mol. The van der Waals surface area contributed by atoms with Crippen LogP contribution in [0, 0.1) is 0 Å². The lowest BCUT2D eigenvalue weighted by atomic mass is 10.3. The molecule has 16 heteroatoms. The first-order valence-corrected chi connectivity index (χ1v) is 4.46. The second kappa shape index (κ2) is 5.77. The van der Waals surface area contributed by atoms with E-state index in [4.69, 9.17) is 0 Å². The van der Waals surface area contributed by atoms with Crippen molar-refractivity contribution in [1.29, 1.82) is 0 Å². The highest BCUT2D eigenvalue weighted by Crippen LogP contribution is 2.48. The highest BCUT2D eigenvalue weighted by atomic mass is 19.4. The van der Waals surface area contributed by atoms with Gasteiger partial charge in [-0.05, 0) is 0 Å². The average Bonchev–Trinajstić information content (AvgIpc) is 2.23. The van der Waals surface area contributed by atoms with Crippen molar-refractivity contribution < 1.29 is 70.9 Å². The molecule has 0 unspecified atom stereocenters. The van der Waals surface area contributed by atoms with E-state index in [0.717, 1.165) is 0 Å². The number of hydrogen-bond donors (Lipinski definition) is 0. The first-order valence-electron chi connectivity index (χ1n) is 4.46. The van der Waals surface area contributed by atoms with Gasteiger partial charge in [-0.1, -0.05) is 0 Å². The van der Waals surface area contributed by atoms with Crippen LogP contribution in [0.2, 0.25) is 0 Å². The zero-order chi connectivity index (χ0) is 19.1. The molecule has 0 saturated carbocycles. The minimum atomic E-state index is -7.15. The van der Waals surface area contributed by atoms with Crippen molar-refractivity contribution in [2.24, 2.45) is 0 Å². The van der Waals surface area contributed by atoms with Gasteiger partial charge < -0.3 is 9.47 Å². The van der Waals surface area contributed by atoms with Crippen LogP contribution in [0.5, 0.6) is 0 Å². The molecule has 0 aromatic carbocycles. The van der Waals surface area contributed by atoms with Gasteiger partial charge in [0.15, 0.2) is 0 Å². The summed E-state index contributed by atoms with van der Waals surface area (Å²) in [6.07, 6.45) is -27.2. The summed E-state index contributed by atoms with van der Waals surface area (Å²) in [7, 11) is 0. The molecule has 0 spiro atoms. The molecule has 0 bridgehead atoms. The van der Waals surface area contributed by atoms with Crippen molar-refractivity contribution in [3.63, 3.8) is 0 Å². The van der Waals surface area contributed by atoms with Crippen LogP contribution in [0.15, 0.2) is 12.0 Å². The van der Waals surface area contributed by atoms with Crippen molar-refractivity contribution in [3.05, 3.63) is 12.0 Å². The third kappa shape index (κ3) is 4.43. The number of alkyl halides is 12. The molecule has 0 radical (unpaired) electrons. The molecule has 0 aliphatic rings. The van der Waals surface area contributed by atoms with Gasteiger partial charge in [0, 0.05) is 0 Å². The smallest absolute Gasteiger partial charge is 0.397 e. The molecule has 23 heavy (non-hydrogen) atoms. The molecule has 138 valence electrons. The number of rotatable bonds is 5. The molecule has 0 heterocycles. The van der Waals surface area contributed by atoms with Crippen LogP contribution >= 0.6 is 0 Å². The summed E-state index contributed by atoms with van der Waals surface area (Å²) in [4.78, 5) is 0. The lowest BCUT2D eigenvalue weighted by Crippen LogP contribution is -2.53. The van der Waals surface area contributed by atoms with Gasteiger partial charge in [0.2, 0.25) is 0 Å². The quantitative estimate of drug-likeness (QED) is 0.491. The summed E-state index contributed by atoms with van der Waals surface area (Å²) in [6, 6.07) is -7.96. The van der Waals surface area contributed by atoms with Crippen LogP contribution < -0.4 is 0 Å². The third-order valence-corrected chi connectivity index (χ3v) is 1.64. The van der Waals surface area contributed by atoms with E-state index in [-0.39, 0.29) is 0 Å². The van der Waals surface area contributed by atoms with Crippen LogP contribution in [0.1, 0.15) is 0 Å². The summed E-state index contributed by atoms with van der Waals surface area (Å²) in [5.74, 6) is -7.15. The Morgan fingerprint density at radius 1 is 0.478 bits per heavy atom. The van der Waals surface area contributed by atoms with E-state index in [1.54, 1.807) is 0 Å². The Labute approximate surface area is 115 Å². The molecule has 0 amide bonds. The van der Waals surface area contributed by atoms with E-state index in [9.17, 15) is 61.5 Å². The fourth-order valence-corrected chi connectivity index (χ4v) is 0.592. The zero-order valence-electron chi connectivity index (χ0n) is 9.61. The van der Waals surface area contributed by atoms with Gasteiger partial charge in [-0.25, -0.2) is 0 Å². The molecule has 0 rings (SSSR count). The second-order valence-corrected chi connectivity index (χ2v) is 3.35. The molecule has 0 saturated heterocycles. The Balaban J connectivity index is 5.44. The van der Waals surface area contributed by atoms with Crippen molar-refractivity contribution >= 4 is 0 Å². The largest absolute Gasteiger partial charge is 0.500 e. The fourth-order valence-electron chi connectivity index (χ4n) is 0.592. The van der Waals surface area contributed by atoms with Gasteiger partial charge in [-0.2, -0.15) is 61.5 Å². The summed E-state index contributed by atoms with van der Waals surface area (Å²) >= 11 is 0. The Morgan fingerprint density at radius 2 is 0.783 bits per heavy atom. The Kier molecular flexibility index (Phi) is 5.36. The Morgan fingerprint density at radius 3 is 1.04 bits per heavy atom. The summed E-state index contributed by atoms with van der Waals surface area (Å²) < 4.78 is 171. The molecule has 0 atom stereocenters. The van der Waals surface area contributed by atoms with E-state index in [2.05, 4.69) is 0 Å². The van der Waals surface area contributed by atoms with Gasteiger partial charge in [0.1, 0.15) is 0 Å². The Bertz CT molecular complexity index is 457. The van der Waals surface area contributed by atoms with Gasteiger partial charge in [0.05, 0.1) is 0 Å². The van der Waals surface area contributed by atoms with Crippen LogP contribution in [-0.2, 0) is 9.47 Å². The number of halogens is 14. The predicted molar refractivity (Wildman–Crippen MR) is 38.4 cm³/mol. The summed E-state index contributed by atoms with van der Waals surface area (Å²) in [5, 5.41) is 0. The second-order valence-electron chi connectivity index (χ2n) is 3.35. The van der Waals surface area contributed by atoms with E-state index in [1.807, 2.05) is 9.47 Å². The van der Waals surface area contributed by atoms with Crippen LogP contribution in [0.4, 0.5) is 61.5 Å². The molecular formula is C7F14O2. The number of ether oxygens (including phenoxy) is 2. The average molecular weight is 382 g/mol. The highest BCUT2D eigenvalue weighted by molar-refractivity contribution is 4.92. The topological polar surface area (TPSA) is 18.5 Å². The molecular weight excluding hydrogens is 382 g/mol. The van der Waals surface area contributed by atoms with Crippen LogP contribution in [0.25, 0.3) is 0 Å². The van der Waals surface area contributed by atoms with E-state index in [1.165, 1.54) is 0 Å². The molecule has 0 aromatic heterocycles. The zero-order valence-corrected chi connectivity index (χ0v) is 9.61. The van der Waals surface area contributed by atoms with Crippen molar-refractivity contribution in [2.75, 3.05) is 0 Å². The van der Waals surface area contributed by atoms with Crippen molar-refractivity contribution in [3.8, 4) is 0 Å². The minimum Gasteiger partial charge on any atom is -0.397 e. The third-order valence-electron chi connectivity index (χ3n) is 1.64. The lowest BCUT2D eigenvalue weighted by Gasteiger charge is -2.27. The fraction of sp³-hybridized carbons (Fsp3) is 0.714. The van der Waals surface area contributed by atoms with E-state index >= 15 is 0 Å². The van der Waals surface area contributed by atoms with Crippen molar-refractivity contribution in [1.82, 2.24) is 0 Å². The summed E-state index contributed by atoms with van der Waals surface area (Å²) in [6.45, 7) is 0. The lowest BCUT2D eigenvalue weighted by molar-refractivity contribution is -0.421. The summed E-state index contributed by atoms with van der Waals surface area (Å²) in [5.41, 5.74) is 0. The van der Waals surface area contributed by atoms with Crippen LogP contribution in [0.3, 0.4) is 0 Å². The first-order chi connectivity index (χ1) is 9.76. The van der Waals surface area contributed by atoms with Gasteiger partial charge in [-0.3, -0.25) is 0 Å². The minimum absolute atomic E-state index is 1.86. The maximum Gasteiger partial charge on any atom is 0.500 e. The maximum atomic E-state index is 12.4. The molecule has 0 aromatic rings. The normalized spacial score (nSPS) is 16.1. The SMILES string of the molecule is FC(OC(F)(F)C(F)(F)F)=C(F)OC(F)(F)C(F)(F)C(F)(F)F.